The van der Waals surface area contributed by atoms with Gasteiger partial charge in [-0.3, -0.25) is 0 Å². The molecule has 0 fully saturated rings. The Balaban J connectivity index is 2.14. The Morgan fingerprint density at radius 1 is 1.15 bits per heavy atom. The highest BCUT2D eigenvalue weighted by atomic mass is 35.5. The van der Waals surface area contributed by atoms with Gasteiger partial charge in [0.05, 0.1) is 0 Å². The molecule has 106 valence electrons. The van der Waals surface area contributed by atoms with Crippen LogP contribution >= 0.6 is 23.4 Å². The van der Waals surface area contributed by atoms with E-state index in [1.54, 1.807) is 11.8 Å². The zero-order valence-corrected chi connectivity index (χ0v) is 13.5. The van der Waals surface area contributed by atoms with Crippen molar-refractivity contribution in [2.45, 2.75) is 31.6 Å². The zero-order valence-electron chi connectivity index (χ0n) is 11.9. The maximum atomic E-state index is 5.89. The van der Waals surface area contributed by atoms with Crippen LogP contribution in [0.15, 0.2) is 29.3 Å². The van der Waals surface area contributed by atoms with Crippen LogP contribution in [-0.2, 0) is 5.75 Å². The normalized spacial score (nSPS) is 10.6. The molecule has 2 aromatic rings. The Labute approximate surface area is 129 Å². The highest BCUT2D eigenvalue weighted by Gasteiger charge is 2.09. The maximum absolute atomic E-state index is 5.89. The lowest BCUT2D eigenvalue weighted by Gasteiger charge is -2.11. The Hall–Kier alpha value is -1.26. The molecule has 1 N–H and O–H groups in total. The number of nitrogens with one attached hydrogen (secondary N) is 1. The number of hydrogen-bond acceptors (Lipinski definition) is 4. The zero-order chi connectivity index (χ0) is 14.5. The lowest BCUT2D eigenvalue weighted by atomic mass is 10.2. The minimum absolute atomic E-state index is 0.766. The first-order valence-corrected chi connectivity index (χ1v) is 7.93. The number of anilines is 1. The molecule has 0 aliphatic heterocycles. The van der Waals surface area contributed by atoms with Crippen LogP contribution in [0.2, 0.25) is 5.02 Å². The van der Waals surface area contributed by atoms with Gasteiger partial charge in [0.25, 0.3) is 0 Å². The molecule has 3 nitrogen and oxygen atoms in total. The van der Waals surface area contributed by atoms with Crippen molar-refractivity contribution in [1.29, 1.82) is 0 Å². The molecule has 20 heavy (non-hydrogen) atoms. The molecule has 1 heterocycles. The number of nitrogens with zero attached hydrogens (tertiary/aromatic N) is 2. The van der Waals surface area contributed by atoms with Gasteiger partial charge >= 0.3 is 0 Å². The summed E-state index contributed by atoms with van der Waals surface area (Å²) in [5, 5.41) is 5.08. The topological polar surface area (TPSA) is 37.8 Å². The molecular formula is C15H18ClN3S. The summed E-state index contributed by atoms with van der Waals surface area (Å²) in [6.07, 6.45) is 0. The van der Waals surface area contributed by atoms with Crippen LogP contribution in [0.1, 0.15) is 23.9 Å². The van der Waals surface area contributed by atoms with Gasteiger partial charge in [-0.25, -0.2) is 9.97 Å². The van der Waals surface area contributed by atoms with Crippen molar-refractivity contribution in [2.75, 3.05) is 11.9 Å². The third-order valence-corrected chi connectivity index (χ3v) is 4.25. The number of benzene rings is 1. The maximum Gasteiger partial charge on any atom is 0.133 e. The van der Waals surface area contributed by atoms with Crippen molar-refractivity contribution >= 4 is 29.2 Å². The summed E-state index contributed by atoms with van der Waals surface area (Å²) in [7, 11) is 0. The van der Waals surface area contributed by atoms with E-state index in [1.807, 2.05) is 31.2 Å². The minimum Gasteiger partial charge on any atom is -0.370 e. The number of thioether (sulfide) groups is 1. The molecule has 1 aromatic carbocycles. The first kappa shape index (κ1) is 15.1. The minimum atomic E-state index is 0.766. The predicted molar refractivity (Wildman–Crippen MR) is 86.7 cm³/mol. The van der Waals surface area contributed by atoms with E-state index in [0.29, 0.717) is 0 Å². The summed E-state index contributed by atoms with van der Waals surface area (Å²) >= 11 is 7.62. The van der Waals surface area contributed by atoms with Gasteiger partial charge in [0, 0.05) is 22.9 Å². The second-order valence-corrected chi connectivity index (χ2v) is 5.90. The molecule has 0 radical (unpaired) electrons. The Bertz CT molecular complexity index is 584. The van der Waals surface area contributed by atoms with Crippen LogP contribution in [0.4, 0.5) is 5.82 Å². The summed E-state index contributed by atoms with van der Waals surface area (Å²) in [6, 6.07) is 7.92. The molecule has 0 saturated carbocycles. The highest BCUT2D eigenvalue weighted by molar-refractivity contribution is 7.98. The Morgan fingerprint density at radius 3 is 2.50 bits per heavy atom. The Kier molecular flexibility index (Phi) is 5.26. The van der Waals surface area contributed by atoms with Crippen molar-refractivity contribution in [2.24, 2.45) is 0 Å². The first-order valence-electron chi connectivity index (χ1n) is 6.56. The van der Waals surface area contributed by atoms with Crippen molar-refractivity contribution in [3.05, 3.63) is 46.2 Å². The molecule has 0 bridgehead atoms. The average Bonchev–Trinajstić information content (AvgIpc) is 2.43. The molecule has 5 heteroatoms. The molecule has 0 aliphatic rings. The molecule has 2 rings (SSSR count). The summed E-state index contributed by atoms with van der Waals surface area (Å²) in [5.41, 5.74) is 2.34. The fraction of sp³-hybridized carbons (Fsp3) is 0.333. The molecule has 0 unspecified atom stereocenters. The SMILES string of the molecule is CCNc1nc(C)nc(SCc2ccc(Cl)cc2)c1C. The van der Waals surface area contributed by atoms with Crippen molar-refractivity contribution in [1.82, 2.24) is 9.97 Å². The van der Waals surface area contributed by atoms with Crippen LogP contribution in [0.5, 0.6) is 0 Å². The van der Waals surface area contributed by atoms with Gasteiger partial charge in [0.2, 0.25) is 0 Å². The largest absolute Gasteiger partial charge is 0.370 e. The van der Waals surface area contributed by atoms with Crippen LogP contribution < -0.4 is 5.32 Å². The summed E-state index contributed by atoms with van der Waals surface area (Å²) in [6.45, 7) is 6.91. The van der Waals surface area contributed by atoms with Crippen LogP contribution in [0.3, 0.4) is 0 Å². The monoisotopic (exact) mass is 307 g/mol. The molecule has 0 amide bonds. The molecule has 0 saturated heterocycles. The smallest absolute Gasteiger partial charge is 0.133 e. The molecule has 0 aliphatic carbocycles. The third kappa shape index (κ3) is 3.87. The average molecular weight is 308 g/mol. The van der Waals surface area contributed by atoms with Crippen molar-refractivity contribution in [3.8, 4) is 0 Å². The quantitative estimate of drug-likeness (QED) is 0.653. The summed E-state index contributed by atoms with van der Waals surface area (Å²) in [5.74, 6) is 2.60. The van der Waals surface area contributed by atoms with E-state index in [1.165, 1.54) is 5.56 Å². The second kappa shape index (κ2) is 6.95. The van der Waals surface area contributed by atoms with Gasteiger partial charge in [-0.15, -0.1) is 11.8 Å². The molecular weight excluding hydrogens is 290 g/mol. The predicted octanol–water partition coefficient (Wildman–Crippen LogP) is 4.47. The lowest BCUT2D eigenvalue weighted by Crippen LogP contribution is -2.05. The molecule has 0 spiro atoms. The van der Waals surface area contributed by atoms with Crippen LogP contribution in [-0.4, -0.2) is 16.5 Å². The van der Waals surface area contributed by atoms with E-state index in [0.717, 1.165) is 39.6 Å². The van der Waals surface area contributed by atoms with Gasteiger partial charge in [0.15, 0.2) is 0 Å². The van der Waals surface area contributed by atoms with E-state index < -0.39 is 0 Å². The van der Waals surface area contributed by atoms with Gasteiger partial charge in [-0.2, -0.15) is 0 Å². The number of halogens is 1. The lowest BCUT2D eigenvalue weighted by molar-refractivity contribution is 0.932. The fourth-order valence-corrected chi connectivity index (χ4v) is 2.95. The van der Waals surface area contributed by atoms with E-state index in [2.05, 4.69) is 29.1 Å². The number of rotatable bonds is 5. The van der Waals surface area contributed by atoms with Crippen LogP contribution in [0, 0.1) is 13.8 Å². The number of aryl methyl sites for hydroxylation is 1. The Morgan fingerprint density at radius 2 is 1.85 bits per heavy atom. The summed E-state index contributed by atoms with van der Waals surface area (Å²) in [4.78, 5) is 8.97. The first-order chi connectivity index (χ1) is 9.60. The second-order valence-electron chi connectivity index (χ2n) is 4.50. The van der Waals surface area contributed by atoms with E-state index >= 15 is 0 Å². The van der Waals surface area contributed by atoms with Gasteiger partial charge in [-0.1, -0.05) is 23.7 Å². The van der Waals surface area contributed by atoms with E-state index in [9.17, 15) is 0 Å². The van der Waals surface area contributed by atoms with Crippen molar-refractivity contribution in [3.63, 3.8) is 0 Å². The molecule has 0 atom stereocenters. The van der Waals surface area contributed by atoms with E-state index in [4.69, 9.17) is 11.6 Å². The third-order valence-electron chi connectivity index (χ3n) is 2.85. The highest BCUT2D eigenvalue weighted by Crippen LogP contribution is 2.28. The number of hydrogen-bond donors (Lipinski definition) is 1. The number of aromatic nitrogens is 2. The van der Waals surface area contributed by atoms with Gasteiger partial charge in [-0.05, 0) is 38.5 Å². The van der Waals surface area contributed by atoms with Gasteiger partial charge < -0.3 is 5.32 Å². The molecule has 1 aromatic heterocycles. The van der Waals surface area contributed by atoms with E-state index in [-0.39, 0.29) is 0 Å². The fourth-order valence-electron chi connectivity index (χ4n) is 1.82. The summed E-state index contributed by atoms with van der Waals surface area (Å²) < 4.78 is 0. The van der Waals surface area contributed by atoms with Crippen molar-refractivity contribution < 1.29 is 0 Å². The van der Waals surface area contributed by atoms with Crippen LogP contribution in [0.25, 0.3) is 0 Å². The van der Waals surface area contributed by atoms with Gasteiger partial charge in [0.1, 0.15) is 16.7 Å². The standard InChI is InChI=1S/C15H18ClN3S/c1-4-17-14-10(2)15(19-11(3)18-14)20-9-12-5-7-13(16)8-6-12/h5-8H,4,9H2,1-3H3,(H,17,18,19).